The maximum Gasteiger partial charge on any atom is 0.0735 e. The molecular formula is C8H17NO. The number of aliphatic hydroxyl groups excluding tert-OH is 1. The lowest BCUT2D eigenvalue weighted by atomic mass is 10.0. The first-order valence-electron chi connectivity index (χ1n) is 3.89. The zero-order valence-electron chi connectivity index (χ0n) is 6.75. The summed E-state index contributed by atoms with van der Waals surface area (Å²) in [4.78, 5) is 0. The molecule has 0 amide bonds. The summed E-state index contributed by atoms with van der Waals surface area (Å²) in [6.45, 7) is 4.00. The molecule has 0 saturated carbocycles. The van der Waals surface area contributed by atoms with Gasteiger partial charge in [-0.1, -0.05) is 26.0 Å². The highest BCUT2D eigenvalue weighted by molar-refractivity contribution is 4.97. The van der Waals surface area contributed by atoms with Crippen LogP contribution in [0.3, 0.4) is 0 Å². The summed E-state index contributed by atoms with van der Waals surface area (Å²) in [5, 5.41) is 8.91. The molecule has 0 radical (unpaired) electrons. The Balaban J connectivity index is 0.000000371. The quantitative estimate of drug-likeness (QED) is 0.498. The molecule has 1 aliphatic rings. The number of hydrogen-bond donors (Lipinski definition) is 2. The summed E-state index contributed by atoms with van der Waals surface area (Å²) in [6, 6.07) is 0.176. The average molecular weight is 143 g/mol. The van der Waals surface area contributed by atoms with Crippen molar-refractivity contribution in [2.24, 2.45) is 5.73 Å². The van der Waals surface area contributed by atoms with E-state index in [1.54, 1.807) is 6.08 Å². The molecular weight excluding hydrogens is 126 g/mol. The smallest absolute Gasteiger partial charge is 0.0735 e. The standard InChI is InChI=1S/C6H11NO.C2H6/c7-5-2-1-3-6(8)4-5;1-2/h1,3,5-6,8H,2,4,7H2;1-2H3. The molecule has 0 aromatic heterocycles. The van der Waals surface area contributed by atoms with Crippen molar-refractivity contribution in [3.8, 4) is 0 Å². The van der Waals surface area contributed by atoms with E-state index in [0.29, 0.717) is 0 Å². The minimum Gasteiger partial charge on any atom is -0.389 e. The van der Waals surface area contributed by atoms with Crippen molar-refractivity contribution < 1.29 is 5.11 Å². The molecule has 0 spiro atoms. The minimum atomic E-state index is -0.293. The Morgan fingerprint density at radius 1 is 1.50 bits per heavy atom. The fraction of sp³-hybridized carbons (Fsp3) is 0.750. The minimum absolute atomic E-state index is 0.176. The van der Waals surface area contributed by atoms with Crippen LogP contribution in [0.5, 0.6) is 0 Å². The van der Waals surface area contributed by atoms with Crippen LogP contribution >= 0.6 is 0 Å². The van der Waals surface area contributed by atoms with Crippen molar-refractivity contribution in [2.45, 2.75) is 38.8 Å². The molecule has 3 N–H and O–H groups in total. The van der Waals surface area contributed by atoms with E-state index in [1.165, 1.54) is 0 Å². The van der Waals surface area contributed by atoms with Crippen LogP contribution in [0.1, 0.15) is 26.7 Å². The first kappa shape index (κ1) is 9.66. The second-order valence-electron chi connectivity index (χ2n) is 2.23. The van der Waals surface area contributed by atoms with Crippen LogP contribution in [-0.2, 0) is 0 Å². The average Bonchev–Trinajstić information content (AvgIpc) is 1.91. The molecule has 0 saturated heterocycles. The fourth-order valence-electron chi connectivity index (χ4n) is 0.895. The molecule has 60 valence electrons. The molecule has 0 aromatic rings. The zero-order valence-corrected chi connectivity index (χ0v) is 6.75. The number of aliphatic hydroxyl groups is 1. The molecule has 2 heteroatoms. The van der Waals surface area contributed by atoms with Gasteiger partial charge in [0.2, 0.25) is 0 Å². The SMILES string of the molecule is CC.NC1CC=CC(O)C1. The highest BCUT2D eigenvalue weighted by Crippen LogP contribution is 2.08. The van der Waals surface area contributed by atoms with Gasteiger partial charge in [0.1, 0.15) is 0 Å². The third kappa shape index (κ3) is 3.64. The van der Waals surface area contributed by atoms with Crippen LogP contribution in [0.25, 0.3) is 0 Å². The predicted molar refractivity (Wildman–Crippen MR) is 43.7 cm³/mol. The van der Waals surface area contributed by atoms with Crippen LogP contribution in [0.15, 0.2) is 12.2 Å². The summed E-state index contributed by atoms with van der Waals surface area (Å²) >= 11 is 0. The monoisotopic (exact) mass is 143 g/mol. The molecule has 1 rings (SSSR count). The first-order valence-corrected chi connectivity index (χ1v) is 3.89. The summed E-state index contributed by atoms with van der Waals surface area (Å²) in [7, 11) is 0. The van der Waals surface area contributed by atoms with E-state index in [0.717, 1.165) is 12.8 Å². The molecule has 0 heterocycles. The van der Waals surface area contributed by atoms with Gasteiger partial charge in [-0.2, -0.15) is 0 Å². The molecule has 0 bridgehead atoms. The molecule has 1 aliphatic carbocycles. The Morgan fingerprint density at radius 3 is 2.40 bits per heavy atom. The van der Waals surface area contributed by atoms with E-state index in [4.69, 9.17) is 10.8 Å². The van der Waals surface area contributed by atoms with Crippen molar-refractivity contribution in [3.05, 3.63) is 12.2 Å². The summed E-state index contributed by atoms with van der Waals surface area (Å²) in [5.41, 5.74) is 5.51. The van der Waals surface area contributed by atoms with Gasteiger partial charge in [-0.25, -0.2) is 0 Å². The van der Waals surface area contributed by atoms with Crippen LogP contribution < -0.4 is 5.73 Å². The van der Waals surface area contributed by atoms with Crippen LogP contribution in [0.2, 0.25) is 0 Å². The Labute approximate surface area is 62.7 Å². The topological polar surface area (TPSA) is 46.2 Å². The van der Waals surface area contributed by atoms with Gasteiger partial charge in [0.05, 0.1) is 6.10 Å². The maximum atomic E-state index is 8.91. The van der Waals surface area contributed by atoms with Gasteiger partial charge in [-0.05, 0) is 12.8 Å². The lowest BCUT2D eigenvalue weighted by molar-refractivity contribution is 0.196. The largest absolute Gasteiger partial charge is 0.389 e. The van der Waals surface area contributed by atoms with Gasteiger partial charge in [0, 0.05) is 6.04 Å². The van der Waals surface area contributed by atoms with Crippen molar-refractivity contribution in [1.82, 2.24) is 0 Å². The van der Waals surface area contributed by atoms with E-state index < -0.39 is 0 Å². The molecule has 10 heavy (non-hydrogen) atoms. The molecule has 0 aromatic carbocycles. The van der Waals surface area contributed by atoms with E-state index in [2.05, 4.69) is 0 Å². The fourth-order valence-corrected chi connectivity index (χ4v) is 0.895. The molecule has 2 unspecified atom stereocenters. The van der Waals surface area contributed by atoms with Gasteiger partial charge in [-0.15, -0.1) is 0 Å². The van der Waals surface area contributed by atoms with Crippen molar-refractivity contribution in [2.75, 3.05) is 0 Å². The van der Waals surface area contributed by atoms with Crippen LogP contribution in [0.4, 0.5) is 0 Å². The molecule has 2 atom stereocenters. The van der Waals surface area contributed by atoms with Gasteiger partial charge in [0.15, 0.2) is 0 Å². The maximum absolute atomic E-state index is 8.91. The summed E-state index contributed by atoms with van der Waals surface area (Å²) in [5.74, 6) is 0. The number of nitrogens with two attached hydrogens (primary N) is 1. The van der Waals surface area contributed by atoms with Gasteiger partial charge in [0.25, 0.3) is 0 Å². The van der Waals surface area contributed by atoms with Gasteiger partial charge in [-0.3, -0.25) is 0 Å². The Kier molecular flexibility index (Phi) is 5.26. The molecule has 0 aliphatic heterocycles. The number of rotatable bonds is 0. The lowest BCUT2D eigenvalue weighted by Crippen LogP contribution is -2.27. The summed E-state index contributed by atoms with van der Waals surface area (Å²) < 4.78 is 0. The van der Waals surface area contributed by atoms with Crippen molar-refractivity contribution in [1.29, 1.82) is 0 Å². The van der Waals surface area contributed by atoms with E-state index in [-0.39, 0.29) is 12.1 Å². The Hall–Kier alpha value is -0.340. The predicted octanol–water partition coefficient (Wildman–Crippen LogP) is 1.05. The van der Waals surface area contributed by atoms with Gasteiger partial charge < -0.3 is 10.8 Å². The summed E-state index contributed by atoms with van der Waals surface area (Å²) in [6.07, 6.45) is 5.06. The Morgan fingerprint density at radius 2 is 2.10 bits per heavy atom. The van der Waals surface area contributed by atoms with Crippen molar-refractivity contribution >= 4 is 0 Å². The van der Waals surface area contributed by atoms with Crippen LogP contribution in [-0.4, -0.2) is 17.3 Å². The third-order valence-electron chi connectivity index (χ3n) is 1.34. The first-order chi connectivity index (χ1) is 4.79. The van der Waals surface area contributed by atoms with Crippen molar-refractivity contribution in [3.63, 3.8) is 0 Å². The zero-order chi connectivity index (χ0) is 7.98. The highest BCUT2D eigenvalue weighted by Gasteiger charge is 2.10. The second-order valence-corrected chi connectivity index (χ2v) is 2.23. The van der Waals surface area contributed by atoms with Gasteiger partial charge >= 0.3 is 0 Å². The van der Waals surface area contributed by atoms with E-state index in [9.17, 15) is 0 Å². The van der Waals surface area contributed by atoms with Crippen LogP contribution in [0, 0.1) is 0 Å². The van der Waals surface area contributed by atoms with E-state index >= 15 is 0 Å². The molecule has 0 fully saturated rings. The Bertz CT molecular complexity index is 101. The lowest BCUT2D eigenvalue weighted by Gasteiger charge is -2.16. The molecule has 2 nitrogen and oxygen atoms in total. The normalized spacial score (nSPS) is 30.8. The third-order valence-corrected chi connectivity index (χ3v) is 1.34. The van der Waals surface area contributed by atoms with E-state index in [1.807, 2.05) is 19.9 Å². The second kappa shape index (κ2) is 5.45. The number of hydrogen-bond acceptors (Lipinski definition) is 2. The highest BCUT2D eigenvalue weighted by atomic mass is 16.3.